The van der Waals surface area contributed by atoms with Crippen molar-refractivity contribution < 1.29 is 9.59 Å². The van der Waals surface area contributed by atoms with Crippen molar-refractivity contribution in [1.29, 1.82) is 0 Å². The molecule has 0 saturated heterocycles. The zero-order valence-electron chi connectivity index (χ0n) is 25.0. The van der Waals surface area contributed by atoms with Crippen LogP contribution in [0.4, 0.5) is 0 Å². The maximum absolute atomic E-state index is 13.8. The van der Waals surface area contributed by atoms with Gasteiger partial charge in [-0.3, -0.25) is 19.4 Å². The number of nitrogens with zero attached hydrogens (tertiary/aromatic N) is 2. The summed E-state index contributed by atoms with van der Waals surface area (Å²) in [5.41, 5.74) is 4.12. The number of amides is 2. The molecule has 0 heterocycles. The monoisotopic (exact) mass is 562 g/mol. The molecule has 2 N–H and O–H groups in total. The highest BCUT2D eigenvalue weighted by molar-refractivity contribution is 5.83. The van der Waals surface area contributed by atoms with E-state index < -0.39 is 12.1 Å². The van der Waals surface area contributed by atoms with Crippen molar-refractivity contribution >= 4 is 11.8 Å². The number of hydrogen-bond donors (Lipinski definition) is 2. The minimum absolute atomic E-state index is 0.105. The molecule has 0 aliphatic carbocycles. The van der Waals surface area contributed by atoms with Crippen LogP contribution in [0.5, 0.6) is 0 Å². The lowest BCUT2D eigenvalue weighted by Gasteiger charge is -2.34. The molecule has 0 aliphatic heterocycles. The molecular formula is C36H42N4O2. The Hall–Kier alpha value is -4.26. The molecule has 0 unspecified atom stereocenters. The molecule has 0 radical (unpaired) electrons. The number of nitrogens with one attached hydrogen (secondary N) is 2. The molecule has 0 spiro atoms. The fourth-order valence-electron chi connectivity index (χ4n) is 5.00. The number of carbonyl (C=O) groups excluding carboxylic acids is 2. The first-order valence-corrected chi connectivity index (χ1v) is 14.5. The number of benzene rings is 4. The molecule has 0 saturated carbocycles. The second-order valence-corrected chi connectivity index (χ2v) is 10.9. The van der Waals surface area contributed by atoms with Gasteiger partial charge in [0.2, 0.25) is 11.8 Å². The molecule has 0 fully saturated rings. The van der Waals surface area contributed by atoms with Gasteiger partial charge in [-0.25, -0.2) is 0 Å². The average Bonchev–Trinajstić information content (AvgIpc) is 3.03. The van der Waals surface area contributed by atoms with Crippen molar-refractivity contribution in [3.8, 4) is 0 Å². The van der Waals surface area contributed by atoms with E-state index in [-0.39, 0.29) is 23.9 Å². The van der Waals surface area contributed by atoms with Gasteiger partial charge in [-0.2, -0.15) is 0 Å². The number of carbonyl (C=O) groups is 2. The Morgan fingerprint density at radius 2 is 0.810 bits per heavy atom. The van der Waals surface area contributed by atoms with Crippen LogP contribution < -0.4 is 10.6 Å². The first-order valence-electron chi connectivity index (χ1n) is 14.5. The van der Waals surface area contributed by atoms with Crippen LogP contribution in [0.25, 0.3) is 0 Å². The van der Waals surface area contributed by atoms with Gasteiger partial charge >= 0.3 is 0 Å². The van der Waals surface area contributed by atoms with Gasteiger partial charge in [0.15, 0.2) is 0 Å². The van der Waals surface area contributed by atoms with Crippen LogP contribution in [0, 0.1) is 0 Å². The largest absolute Gasteiger partial charge is 0.346 e. The predicted molar refractivity (Wildman–Crippen MR) is 169 cm³/mol. The lowest BCUT2D eigenvalue weighted by Crippen LogP contribution is -2.50. The molecule has 218 valence electrons. The highest BCUT2D eigenvalue weighted by Crippen LogP contribution is 2.30. The van der Waals surface area contributed by atoms with Crippen molar-refractivity contribution in [1.82, 2.24) is 20.4 Å². The number of rotatable bonds is 13. The van der Waals surface area contributed by atoms with Crippen LogP contribution in [0.1, 0.15) is 48.2 Å². The normalized spacial score (nSPS) is 14.1. The third-order valence-corrected chi connectivity index (χ3v) is 7.88. The number of hydrogen-bond acceptors (Lipinski definition) is 4. The fourth-order valence-corrected chi connectivity index (χ4v) is 5.00. The SMILES string of the molecule is C[C@@H](C(=O)N[C@@H](c1ccccc1)[C@@H](NC(=O)[C@H](C)N(C)Cc1ccccc1)c1ccccc1)N(C)Cc1ccccc1. The standard InChI is InChI=1S/C36H42N4O2/c1-27(39(3)25-29-17-9-5-10-18-29)35(41)37-33(31-21-13-7-14-22-31)34(32-23-15-8-16-24-32)38-36(42)28(2)40(4)26-30-19-11-6-12-20-30/h5-24,27-28,33-34H,25-26H2,1-4H3,(H,37,41)(H,38,42)/t27-,28-,33-,34-/m0/s1. The molecule has 4 rings (SSSR count). The van der Waals surface area contributed by atoms with Crippen molar-refractivity contribution in [2.45, 2.75) is 51.1 Å². The van der Waals surface area contributed by atoms with Crippen molar-refractivity contribution in [2.75, 3.05) is 14.1 Å². The molecule has 4 aromatic rings. The average molecular weight is 563 g/mol. The van der Waals surface area contributed by atoms with Crippen molar-refractivity contribution in [3.63, 3.8) is 0 Å². The van der Waals surface area contributed by atoms with E-state index in [9.17, 15) is 9.59 Å². The van der Waals surface area contributed by atoms with E-state index in [4.69, 9.17) is 0 Å². The lowest BCUT2D eigenvalue weighted by molar-refractivity contribution is -0.129. The van der Waals surface area contributed by atoms with E-state index in [2.05, 4.69) is 34.9 Å². The van der Waals surface area contributed by atoms with Gasteiger partial charge < -0.3 is 10.6 Å². The van der Waals surface area contributed by atoms with Gasteiger partial charge in [0.1, 0.15) is 0 Å². The second-order valence-electron chi connectivity index (χ2n) is 10.9. The van der Waals surface area contributed by atoms with E-state index in [1.165, 1.54) is 0 Å². The quantitative estimate of drug-likeness (QED) is 0.218. The summed E-state index contributed by atoms with van der Waals surface area (Å²) in [6.45, 7) is 5.12. The van der Waals surface area contributed by atoms with E-state index in [0.717, 1.165) is 22.3 Å². The van der Waals surface area contributed by atoms with E-state index >= 15 is 0 Å². The van der Waals surface area contributed by atoms with Gasteiger partial charge in [0.05, 0.1) is 24.2 Å². The molecule has 6 nitrogen and oxygen atoms in total. The van der Waals surface area contributed by atoms with E-state index in [0.29, 0.717) is 13.1 Å². The summed E-state index contributed by atoms with van der Waals surface area (Å²) in [4.78, 5) is 31.6. The minimum atomic E-state index is -0.482. The third kappa shape index (κ3) is 8.38. The maximum atomic E-state index is 13.8. The maximum Gasteiger partial charge on any atom is 0.237 e. The molecule has 4 atom stereocenters. The predicted octanol–water partition coefficient (Wildman–Crippen LogP) is 5.74. The van der Waals surface area contributed by atoms with Gasteiger partial charge in [-0.15, -0.1) is 0 Å². The highest BCUT2D eigenvalue weighted by atomic mass is 16.2. The molecule has 2 amide bonds. The molecule has 0 bridgehead atoms. The first kappa shape index (κ1) is 30.7. The Morgan fingerprint density at radius 1 is 0.524 bits per heavy atom. The highest BCUT2D eigenvalue weighted by Gasteiger charge is 2.32. The van der Waals surface area contributed by atoms with E-state index in [1.807, 2.05) is 135 Å². The molecule has 42 heavy (non-hydrogen) atoms. The smallest absolute Gasteiger partial charge is 0.237 e. The Kier molecular flexibility index (Phi) is 11.0. The summed E-state index contributed by atoms with van der Waals surface area (Å²) < 4.78 is 0. The van der Waals surface area contributed by atoms with Crippen LogP contribution in [0.3, 0.4) is 0 Å². The van der Waals surface area contributed by atoms with Gasteiger partial charge in [-0.1, -0.05) is 121 Å². The summed E-state index contributed by atoms with van der Waals surface area (Å²) in [5.74, 6) is -0.210. The van der Waals surface area contributed by atoms with Gasteiger partial charge in [-0.05, 0) is 50.2 Å². The summed E-state index contributed by atoms with van der Waals surface area (Å²) >= 11 is 0. The zero-order valence-corrected chi connectivity index (χ0v) is 25.0. The van der Waals surface area contributed by atoms with E-state index in [1.54, 1.807) is 0 Å². The zero-order chi connectivity index (χ0) is 29.9. The Bertz CT molecular complexity index is 1270. The molecular weight excluding hydrogens is 520 g/mol. The van der Waals surface area contributed by atoms with Gasteiger partial charge in [0.25, 0.3) is 0 Å². The Labute approximate surface area is 250 Å². The van der Waals surface area contributed by atoms with Crippen molar-refractivity contribution in [2.24, 2.45) is 0 Å². The lowest BCUT2D eigenvalue weighted by atomic mass is 9.92. The molecule has 0 aliphatic rings. The minimum Gasteiger partial charge on any atom is -0.346 e. The summed E-state index contributed by atoms with van der Waals surface area (Å²) in [6, 6.07) is 38.2. The topological polar surface area (TPSA) is 64.7 Å². The van der Waals surface area contributed by atoms with Crippen molar-refractivity contribution in [3.05, 3.63) is 144 Å². The number of likely N-dealkylation sites (N-methyl/N-ethyl adjacent to an activating group) is 2. The second kappa shape index (κ2) is 15.1. The van der Waals surface area contributed by atoms with Crippen LogP contribution in [0.2, 0.25) is 0 Å². The van der Waals surface area contributed by atoms with Crippen LogP contribution in [-0.2, 0) is 22.7 Å². The summed E-state index contributed by atoms with van der Waals surface area (Å²) in [6.07, 6.45) is 0. The fraction of sp³-hybridized carbons (Fsp3) is 0.278. The Balaban J connectivity index is 1.57. The summed E-state index contributed by atoms with van der Waals surface area (Å²) in [5, 5.41) is 6.61. The third-order valence-electron chi connectivity index (χ3n) is 7.88. The van der Waals surface area contributed by atoms with Crippen LogP contribution in [0.15, 0.2) is 121 Å². The molecule has 0 aromatic heterocycles. The van der Waals surface area contributed by atoms with Gasteiger partial charge in [0, 0.05) is 13.1 Å². The molecule has 6 heteroatoms. The Morgan fingerprint density at radius 3 is 1.12 bits per heavy atom. The first-order chi connectivity index (χ1) is 20.3. The molecule has 4 aromatic carbocycles. The summed E-state index contributed by atoms with van der Waals surface area (Å²) in [7, 11) is 3.91. The van der Waals surface area contributed by atoms with Crippen LogP contribution >= 0.6 is 0 Å². The van der Waals surface area contributed by atoms with Crippen LogP contribution in [-0.4, -0.2) is 47.8 Å².